The van der Waals surface area contributed by atoms with Gasteiger partial charge in [-0.05, 0) is 37.1 Å². The van der Waals surface area contributed by atoms with E-state index < -0.39 is 0 Å². The highest BCUT2D eigenvalue weighted by molar-refractivity contribution is 7.99. The van der Waals surface area contributed by atoms with Crippen molar-refractivity contribution in [1.82, 2.24) is 25.0 Å². The Morgan fingerprint density at radius 2 is 2.21 bits per heavy atom. The minimum absolute atomic E-state index is 0.123. The highest BCUT2D eigenvalue weighted by Crippen LogP contribution is 2.28. The number of benzene rings is 1. The molecule has 9 nitrogen and oxygen atoms in total. The van der Waals surface area contributed by atoms with Crippen LogP contribution in [-0.4, -0.2) is 56.4 Å². The van der Waals surface area contributed by atoms with Crippen molar-refractivity contribution in [1.29, 1.82) is 0 Å². The SMILES string of the molecule is COc1ccc(-c2nnc(SCC(=O)Nc3nncs3)n2CC2CCCO2)cc1. The Hall–Kier alpha value is -2.50. The first-order valence-corrected chi connectivity index (χ1v) is 11.0. The fourth-order valence-corrected chi connectivity index (χ4v) is 4.23. The number of carbonyl (C=O) groups excluding carboxylic acids is 1. The predicted molar refractivity (Wildman–Crippen MR) is 110 cm³/mol. The molecular formula is C18H20N6O3S2. The lowest BCUT2D eigenvalue weighted by Crippen LogP contribution is -2.18. The monoisotopic (exact) mass is 432 g/mol. The first-order chi connectivity index (χ1) is 14.2. The number of ether oxygens (including phenoxy) is 2. The van der Waals surface area contributed by atoms with E-state index in [1.165, 1.54) is 23.1 Å². The number of nitrogens with zero attached hydrogens (tertiary/aromatic N) is 5. The molecular weight excluding hydrogens is 412 g/mol. The van der Waals surface area contributed by atoms with Gasteiger partial charge in [0.15, 0.2) is 11.0 Å². The van der Waals surface area contributed by atoms with E-state index in [0.717, 1.165) is 36.6 Å². The van der Waals surface area contributed by atoms with Gasteiger partial charge in [-0.2, -0.15) is 0 Å². The number of thioether (sulfide) groups is 1. The molecule has 4 rings (SSSR count). The van der Waals surface area contributed by atoms with E-state index in [0.29, 0.717) is 16.8 Å². The number of hydrogen-bond acceptors (Lipinski definition) is 9. The van der Waals surface area contributed by atoms with Crippen LogP contribution in [0.1, 0.15) is 12.8 Å². The fraction of sp³-hybridized carbons (Fsp3) is 0.389. The Bertz CT molecular complexity index is 939. The van der Waals surface area contributed by atoms with Crippen molar-refractivity contribution in [2.24, 2.45) is 0 Å². The van der Waals surface area contributed by atoms with Gasteiger partial charge in [0.2, 0.25) is 11.0 Å². The van der Waals surface area contributed by atoms with Gasteiger partial charge in [-0.15, -0.1) is 20.4 Å². The number of amides is 1. The van der Waals surface area contributed by atoms with Crippen molar-refractivity contribution in [2.75, 3.05) is 24.8 Å². The Labute approximate surface area is 175 Å². The number of aromatic nitrogens is 5. The molecule has 1 amide bonds. The molecule has 3 aromatic rings. The minimum atomic E-state index is -0.163. The van der Waals surface area contributed by atoms with E-state index in [-0.39, 0.29) is 17.8 Å². The number of hydrogen-bond donors (Lipinski definition) is 1. The third kappa shape index (κ3) is 4.92. The van der Waals surface area contributed by atoms with Gasteiger partial charge < -0.3 is 9.47 Å². The van der Waals surface area contributed by atoms with Crippen molar-refractivity contribution < 1.29 is 14.3 Å². The zero-order valence-electron chi connectivity index (χ0n) is 15.8. The Balaban J connectivity index is 1.52. The van der Waals surface area contributed by atoms with E-state index in [1.54, 1.807) is 12.6 Å². The van der Waals surface area contributed by atoms with Crippen LogP contribution in [0.5, 0.6) is 5.75 Å². The lowest BCUT2D eigenvalue weighted by atomic mass is 10.2. The molecule has 152 valence electrons. The summed E-state index contributed by atoms with van der Waals surface area (Å²) in [6.45, 7) is 1.42. The Morgan fingerprint density at radius 1 is 1.34 bits per heavy atom. The number of rotatable bonds is 8. The van der Waals surface area contributed by atoms with Crippen molar-refractivity contribution in [3.05, 3.63) is 29.8 Å². The van der Waals surface area contributed by atoms with Gasteiger partial charge in [-0.1, -0.05) is 23.1 Å². The molecule has 3 heterocycles. The largest absolute Gasteiger partial charge is 0.497 e. The molecule has 1 aliphatic heterocycles. The van der Waals surface area contributed by atoms with Crippen LogP contribution in [0.15, 0.2) is 34.9 Å². The first-order valence-electron chi connectivity index (χ1n) is 9.11. The molecule has 1 aromatic carbocycles. The lowest BCUT2D eigenvalue weighted by molar-refractivity contribution is -0.113. The topological polar surface area (TPSA) is 104 Å². The van der Waals surface area contributed by atoms with E-state index in [1.807, 2.05) is 28.8 Å². The van der Waals surface area contributed by atoms with Crippen LogP contribution in [-0.2, 0) is 16.1 Å². The molecule has 1 unspecified atom stereocenters. The molecule has 29 heavy (non-hydrogen) atoms. The maximum absolute atomic E-state index is 12.2. The Morgan fingerprint density at radius 3 is 2.90 bits per heavy atom. The number of anilines is 1. The molecule has 1 N–H and O–H groups in total. The fourth-order valence-electron chi connectivity index (χ4n) is 3.02. The van der Waals surface area contributed by atoms with Crippen molar-refractivity contribution in [3.63, 3.8) is 0 Å². The number of methoxy groups -OCH3 is 1. The molecule has 11 heteroatoms. The summed E-state index contributed by atoms with van der Waals surface area (Å²) in [6.07, 6.45) is 2.18. The maximum atomic E-state index is 12.2. The third-order valence-corrected chi connectivity index (χ3v) is 5.99. The zero-order valence-corrected chi connectivity index (χ0v) is 17.4. The maximum Gasteiger partial charge on any atom is 0.236 e. The molecule has 0 aliphatic carbocycles. The normalized spacial score (nSPS) is 16.1. The second-order valence-corrected chi connectivity index (χ2v) is 8.14. The zero-order chi connectivity index (χ0) is 20.1. The van der Waals surface area contributed by atoms with E-state index in [9.17, 15) is 4.79 Å². The summed E-state index contributed by atoms with van der Waals surface area (Å²) in [4.78, 5) is 12.2. The van der Waals surface area contributed by atoms with Gasteiger partial charge in [0.25, 0.3) is 0 Å². The second-order valence-electron chi connectivity index (χ2n) is 6.36. The summed E-state index contributed by atoms with van der Waals surface area (Å²) in [5.41, 5.74) is 2.50. The average Bonchev–Trinajstić information content (AvgIpc) is 3.50. The van der Waals surface area contributed by atoms with Crippen molar-refractivity contribution >= 4 is 34.1 Å². The minimum Gasteiger partial charge on any atom is -0.497 e. The van der Waals surface area contributed by atoms with E-state index in [4.69, 9.17) is 9.47 Å². The van der Waals surface area contributed by atoms with Crippen molar-refractivity contribution in [3.8, 4) is 17.1 Å². The summed E-state index contributed by atoms with van der Waals surface area (Å²) >= 11 is 2.62. The molecule has 1 aliphatic rings. The lowest BCUT2D eigenvalue weighted by Gasteiger charge is -2.14. The Kier molecular flexibility index (Phi) is 6.37. The third-order valence-electron chi connectivity index (χ3n) is 4.41. The van der Waals surface area contributed by atoms with Crippen LogP contribution in [0.2, 0.25) is 0 Å². The van der Waals surface area contributed by atoms with Gasteiger partial charge in [0.05, 0.1) is 25.5 Å². The van der Waals surface area contributed by atoms with Gasteiger partial charge in [-0.3, -0.25) is 14.7 Å². The van der Waals surface area contributed by atoms with Crippen LogP contribution in [0.25, 0.3) is 11.4 Å². The summed E-state index contributed by atoms with van der Waals surface area (Å²) in [7, 11) is 1.64. The van der Waals surface area contributed by atoms with Crippen LogP contribution >= 0.6 is 23.1 Å². The van der Waals surface area contributed by atoms with Gasteiger partial charge in [0.1, 0.15) is 11.3 Å². The molecule has 1 atom stereocenters. The van der Waals surface area contributed by atoms with Crippen LogP contribution in [0.4, 0.5) is 5.13 Å². The standard InChI is InChI=1S/C18H20N6O3S2/c1-26-13-6-4-12(5-7-13)16-21-23-18(24(16)9-14-3-2-8-27-14)28-10-15(25)20-17-22-19-11-29-17/h4-7,11,14H,2-3,8-10H2,1H3,(H,20,22,25). The highest BCUT2D eigenvalue weighted by atomic mass is 32.2. The number of carbonyl (C=O) groups is 1. The first kappa shape index (κ1) is 19.8. The molecule has 0 spiro atoms. The summed E-state index contributed by atoms with van der Waals surface area (Å²) in [6, 6.07) is 7.68. The van der Waals surface area contributed by atoms with Gasteiger partial charge in [-0.25, -0.2) is 0 Å². The van der Waals surface area contributed by atoms with Crippen LogP contribution in [0.3, 0.4) is 0 Å². The molecule has 2 aromatic heterocycles. The molecule has 1 saturated heterocycles. The molecule has 1 fully saturated rings. The van der Waals surface area contributed by atoms with E-state index in [2.05, 4.69) is 25.7 Å². The quantitative estimate of drug-likeness (QED) is 0.542. The highest BCUT2D eigenvalue weighted by Gasteiger charge is 2.22. The van der Waals surface area contributed by atoms with Crippen molar-refractivity contribution in [2.45, 2.75) is 30.6 Å². The van der Waals surface area contributed by atoms with Gasteiger partial charge >= 0.3 is 0 Å². The molecule has 0 bridgehead atoms. The smallest absolute Gasteiger partial charge is 0.236 e. The number of nitrogens with one attached hydrogen (secondary N) is 1. The van der Waals surface area contributed by atoms with E-state index >= 15 is 0 Å². The molecule has 0 saturated carbocycles. The van der Waals surface area contributed by atoms with Crippen LogP contribution < -0.4 is 10.1 Å². The van der Waals surface area contributed by atoms with Crippen LogP contribution in [0, 0.1) is 0 Å². The van der Waals surface area contributed by atoms with Gasteiger partial charge in [0, 0.05) is 12.2 Å². The summed E-state index contributed by atoms with van der Waals surface area (Å²) in [5, 5.41) is 20.1. The summed E-state index contributed by atoms with van der Waals surface area (Å²) in [5.74, 6) is 1.56. The second kappa shape index (κ2) is 9.33. The molecule has 0 radical (unpaired) electrons. The average molecular weight is 433 g/mol. The predicted octanol–water partition coefficient (Wildman–Crippen LogP) is 2.72. The summed E-state index contributed by atoms with van der Waals surface area (Å²) < 4.78 is 13.1.